The quantitative estimate of drug-likeness (QED) is 0.473. The lowest BCUT2D eigenvalue weighted by Gasteiger charge is -2.31. The number of aromatic nitrogens is 5. The van der Waals surface area contributed by atoms with Gasteiger partial charge in [-0.1, -0.05) is 6.07 Å². The van der Waals surface area contributed by atoms with Crippen molar-refractivity contribution in [2.45, 2.75) is 37.8 Å². The lowest BCUT2D eigenvalue weighted by Crippen LogP contribution is -2.46. The van der Waals surface area contributed by atoms with Crippen molar-refractivity contribution in [3.05, 3.63) is 48.5 Å². The molecule has 2 aliphatic rings. The lowest BCUT2D eigenvalue weighted by molar-refractivity contribution is -0.141. The fourth-order valence-corrected chi connectivity index (χ4v) is 4.74. The summed E-state index contributed by atoms with van der Waals surface area (Å²) in [6.07, 6.45) is 2.09. The molecule has 1 amide bonds. The van der Waals surface area contributed by atoms with E-state index in [4.69, 9.17) is 4.74 Å². The first-order chi connectivity index (χ1) is 15.9. The van der Waals surface area contributed by atoms with Gasteiger partial charge in [-0.25, -0.2) is 4.52 Å². The van der Waals surface area contributed by atoms with Crippen LogP contribution in [0.5, 0.6) is 0 Å². The van der Waals surface area contributed by atoms with E-state index in [0.717, 1.165) is 17.5 Å². The fourth-order valence-electron chi connectivity index (χ4n) is 4.74. The Balaban J connectivity index is 1.45. The number of hydrogen-bond acceptors (Lipinski definition) is 5. The Morgan fingerprint density at radius 3 is 2.67 bits per heavy atom. The second-order valence-electron chi connectivity index (χ2n) is 8.46. The Bertz CT molecular complexity index is 1370. The summed E-state index contributed by atoms with van der Waals surface area (Å²) < 4.78 is 48.3. The van der Waals surface area contributed by atoms with Gasteiger partial charge in [0.2, 0.25) is 0 Å². The SMILES string of the molecule is O=C(c1cc2c(cn1)c(-c1cnn3ccccc13)nn2CC(F)(F)F)N1CC2CCC(C1)O2. The van der Waals surface area contributed by atoms with Gasteiger partial charge in [0, 0.05) is 36.4 Å². The van der Waals surface area contributed by atoms with Crippen LogP contribution in [-0.2, 0) is 11.3 Å². The molecule has 2 unspecified atom stereocenters. The third-order valence-electron chi connectivity index (χ3n) is 6.20. The van der Waals surface area contributed by atoms with Crippen LogP contribution in [0.25, 0.3) is 27.7 Å². The topological polar surface area (TPSA) is 77.6 Å². The molecule has 0 radical (unpaired) electrons. The molecule has 2 saturated heterocycles. The van der Waals surface area contributed by atoms with Crippen LogP contribution >= 0.6 is 0 Å². The molecule has 6 heterocycles. The zero-order chi connectivity index (χ0) is 22.7. The maximum absolute atomic E-state index is 13.3. The summed E-state index contributed by atoms with van der Waals surface area (Å²) in [5.74, 6) is -0.311. The molecule has 2 fully saturated rings. The van der Waals surface area contributed by atoms with Gasteiger partial charge < -0.3 is 9.64 Å². The van der Waals surface area contributed by atoms with Gasteiger partial charge in [0.15, 0.2) is 0 Å². The largest absolute Gasteiger partial charge is 0.408 e. The highest BCUT2D eigenvalue weighted by Crippen LogP contribution is 2.33. The number of fused-ring (bicyclic) bond motifs is 4. The number of nitrogens with zero attached hydrogens (tertiary/aromatic N) is 6. The number of pyridine rings is 2. The standard InChI is InChI=1S/C22H19F3N6O2/c23-22(24,25)12-31-19-7-17(21(32)29-10-13-4-5-14(11-29)33-13)26-8-15(19)20(28-31)16-9-27-30-6-2-1-3-18(16)30/h1-3,6-9,13-14H,4-5,10-12H2. The van der Waals surface area contributed by atoms with E-state index in [1.54, 1.807) is 27.9 Å². The number of morpholine rings is 1. The third kappa shape index (κ3) is 3.52. The molecule has 2 aliphatic heterocycles. The van der Waals surface area contributed by atoms with Crippen molar-refractivity contribution in [1.29, 1.82) is 0 Å². The van der Waals surface area contributed by atoms with E-state index in [2.05, 4.69) is 15.2 Å². The third-order valence-corrected chi connectivity index (χ3v) is 6.20. The molecule has 2 bridgehead atoms. The fraction of sp³-hybridized carbons (Fsp3) is 0.364. The van der Waals surface area contributed by atoms with E-state index in [1.807, 2.05) is 12.1 Å². The molecule has 0 aliphatic carbocycles. The molecule has 11 heteroatoms. The summed E-state index contributed by atoms with van der Waals surface area (Å²) >= 11 is 0. The lowest BCUT2D eigenvalue weighted by atomic mass is 10.1. The summed E-state index contributed by atoms with van der Waals surface area (Å²) in [6.45, 7) is -0.350. The highest BCUT2D eigenvalue weighted by molar-refractivity contribution is 6.01. The highest BCUT2D eigenvalue weighted by Gasteiger charge is 2.37. The number of ether oxygens (including phenoxy) is 1. The molecule has 0 saturated carbocycles. The van der Waals surface area contributed by atoms with Gasteiger partial charge in [-0.2, -0.15) is 23.4 Å². The number of hydrogen-bond donors (Lipinski definition) is 0. The normalized spacial score (nSPS) is 20.8. The molecule has 4 aromatic rings. The molecular formula is C22H19F3N6O2. The van der Waals surface area contributed by atoms with E-state index < -0.39 is 12.7 Å². The van der Waals surface area contributed by atoms with Crippen LogP contribution in [0.3, 0.4) is 0 Å². The van der Waals surface area contributed by atoms with Gasteiger partial charge in [-0.3, -0.25) is 14.5 Å². The van der Waals surface area contributed by atoms with E-state index >= 15 is 0 Å². The minimum absolute atomic E-state index is 0.00872. The summed E-state index contributed by atoms with van der Waals surface area (Å²) in [4.78, 5) is 19.1. The number of likely N-dealkylation sites (tertiary alicyclic amines) is 1. The molecular weight excluding hydrogens is 437 g/mol. The molecule has 6 rings (SSSR count). The van der Waals surface area contributed by atoms with E-state index in [-0.39, 0.29) is 29.3 Å². The first-order valence-corrected chi connectivity index (χ1v) is 10.7. The zero-order valence-electron chi connectivity index (χ0n) is 17.4. The van der Waals surface area contributed by atoms with Crippen LogP contribution in [0.1, 0.15) is 23.3 Å². The zero-order valence-corrected chi connectivity index (χ0v) is 17.4. The van der Waals surface area contributed by atoms with Crippen LogP contribution in [0, 0.1) is 0 Å². The molecule has 0 N–H and O–H groups in total. The predicted molar refractivity (Wildman–Crippen MR) is 112 cm³/mol. The molecule has 2 atom stereocenters. The van der Waals surface area contributed by atoms with Crippen molar-refractivity contribution < 1.29 is 22.7 Å². The Labute approximate surface area is 185 Å². The molecule has 33 heavy (non-hydrogen) atoms. The average Bonchev–Trinajstić information content (AvgIpc) is 3.47. The number of carbonyl (C=O) groups excluding carboxylic acids is 1. The first-order valence-electron chi connectivity index (χ1n) is 10.7. The molecule has 0 aromatic carbocycles. The maximum Gasteiger partial charge on any atom is 0.408 e. The minimum atomic E-state index is -4.48. The van der Waals surface area contributed by atoms with Crippen LogP contribution in [0.15, 0.2) is 42.9 Å². The Kier molecular flexibility index (Phi) is 4.44. The van der Waals surface area contributed by atoms with E-state index in [9.17, 15) is 18.0 Å². The van der Waals surface area contributed by atoms with Gasteiger partial charge in [0.1, 0.15) is 17.9 Å². The van der Waals surface area contributed by atoms with Gasteiger partial charge >= 0.3 is 6.18 Å². The number of alkyl halides is 3. The number of halogens is 3. The van der Waals surface area contributed by atoms with Crippen molar-refractivity contribution in [2.75, 3.05) is 13.1 Å². The minimum Gasteiger partial charge on any atom is -0.371 e. The Morgan fingerprint density at radius 1 is 1.12 bits per heavy atom. The predicted octanol–water partition coefficient (Wildman–Crippen LogP) is 3.31. The maximum atomic E-state index is 13.3. The van der Waals surface area contributed by atoms with E-state index in [0.29, 0.717) is 35.2 Å². The van der Waals surface area contributed by atoms with Crippen LogP contribution < -0.4 is 0 Å². The molecule has 0 spiro atoms. The van der Waals surface area contributed by atoms with Crippen LogP contribution in [0.2, 0.25) is 0 Å². The molecule has 4 aromatic heterocycles. The van der Waals surface area contributed by atoms with Crippen LogP contribution in [-0.4, -0.2) is 66.7 Å². The first kappa shape index (κ1) is 20.2. The summed E-state index contributed by atoms with van der Waals surface area (Å²) in [5, 5.41) is 8.97. The van der Waals surface area contributed by atoms with Gasteiger partial charge in [-0.05, 0) is 31.0 Å². The van der Waals surface area contributed by atoms with E-state index in [1.165, 1.54) is 12.3 Å². The second kappa shape index (κ2) is 7.27. The molecule has 8 nitrogen and oxygen atoms in total. The smallest absolute Gasteiger partial charge is 0.371 e. The Morgan fingerprint density at radius 2 is 1.91 bits per heavy atom. The number of amides is 1. The summed E-state index contributed by atoms with van der Waals surface area (Å²) in [7, 11) is 0. The van der Waals surface area contributed by atoms with Crippen molar-refractivity contribution in [3.8, 4) is 11.3 Å². The van der Waals surface area contributed by atoms with Crippen molar-refractivity contribution in [2.24, 2.45) is 0 Å². The monoisotopic (exact) mass is 456 g/mol. The second-order valence-corrected chi connectivity index (χ2v) is 8.46. The van der Waals surface area contributed by atoms with Crippen molar-refractivity contribution in [3.63, 3.8) is 0 Å². The van der Waals surface area contributed by atoms with Gasteiger partial charge in [0.25, 0.3) is 5.91 Å². The van der Waals surface area contributed by atoms with Crippen molar-refractivity contribution in [1.82, 2.24) is 29.3 Å². The van der Waals surface area contributed by atoms with Crippen LogP contribution in [0.4, 0.5) is 13.2 Å². The summed E-state index contributed by atoms with van der Waals surface area (Å²) in [5.41, 5.74) is 1.93. The van der Waals surface area contributed by atoms with Gasteiger partial charge in [0.05, 0.1) is 29.4 Å². The number of carbonyl (C=O) groups is 1. The Hall–Kier alpha value is -3.47. The molecule has 170 valence electrons. The van der Waals surface area contributed by atoms with Crippen molar-refractivity contribution >= 4 is 22.3 Å². The summed E-state index contributed by atoms with van der Waals surface area (Å²) in [6, 6.07) is 6.85. The number of rotatable bonds is 3. The average molecular weight is 456 g/mol. The highest BCUT2D eigenvalue weighted by atomic mass is 19.4. The van der Waals surface area contributed by atoms with Gasteiger partial charge in [-0.15, -0.1) is 0 Å².